The van der Waals surface area contributed by atoms with Crippen LogP contribution in [0.4, 0.5) is 0 Å². The second-order valence-electron chi connectivity index (χ2n) is 9.32. The zero-order valence-corrected chi connectivity index (χ0v) is 15.2. The maximum Gasteiger partial charge on any atom is 0.178 e. The summed E-state index contributed by atoms with van der Waals surface area (Å²) in [6, 6.07) is 0. The summed E-state index contributed by atoms with van der Waals surface area (Å²) < 4.78 is 0. The second-order valence-corrected chi connectivity index (χ2v) is 9.32. The Labute approximate surface area is 149 Å². The molecule has 0 aliphatic heterocycles. The Morgan fingerprint density at radius 1 is 1.32 bits per heavy atom. The van der Waals surface area contributed by atoms with Gasteiger partial charge in [-0.15, -0.1) is 0 Å². The second kappa shape index (κ2) is 5.14. The fourth-order valence-corrected chi connectivity index (χ4v) is 6.98. The summed E-state index contributed by atoms with van der Waals surface area (Å²) in [5, 5.41) is 22.0. The Hall–Kier alpha value is -1.26. The van der Waals surface area contributed by atoms with Crippen molar-refractivity contribution >= 4 is 12.1 Å². The Bertz CT molecular complexity index is 694. The first-order valence-corrected chi connectivity index (χ1v) is 9.48. The van der Waals surface area contributed by atoms with Gasteiger partial charge >= 0.3 is 0 Å². The highest BCUT2D eigenvalue weighted by molar-refractivity contribution is 6.01. The van der Waals surface area contributed by atoms with Gasteiger partial charge in [-0.05, 0) is 55.6 Å². The fraction of sp³-hybridized carbons (Fsp3) is 0.714. The number of hydrogen-bond acceptors (Lipinski definition) is 4. The number of aliphatic hydroxyl groups excluding tert-OH is 1. The lowest BCUT2D eigenvalue weighted by atomic mass is 9.45. The fourth-order valence-electron chi connectivity index (χ4n) is 6.98. The molecular weight excluding hydrogens is 316 g/mol. The SMILES string of the molecule is C[C@H]1C[C@@H]2[C@@H]([C@@H](O)C[C@@]3(C)[C@H]2CC[C@]3(O)C=O)[C@@]2(C)C=CC(=O)C=C12. The summed E-state index contributed by atoms with van der Waals surface area (Å²) in [6.07, 6.45) is 8.15. The van der Waals surface area contributed by atoms with Gasteiger partial charge in [0.25, 0.3) is 0 Å². The average Bonchev–Trinajstić information content (AvgIpc) is 2.81. The topological polar surface area (TPSA) is 74.6 Å². The van der Waals surface area contributed by atoms with Crippen LogP contribution in [0.15, 0.2) is 23.8 Å². The Balaban J connectivity index is 1.80. The number of ketones is 1. The quantitative estimate of drug-likeness (QED) is 0.717. The molecule has 0 aromatic heterocycles. The van der Waals surface area contributed by atoms with Crippen LogP contribution >= 0.6 is 0 Å². The van der Waals surface area contributed by atoms with Crippen molar-refractivity contribution in [2.24, 2.45) is 34.5 Å². The lowest BCUT2D eigenvalue weighted by Crippen LogP contribution is -2.60. The summed E-state index contributed by atoms with van der Waals surface area (Å²) in [5.74, 6) is 0.802. The molecule has 4 nitrogen and oxygen atoms in total. The number of carbonyl (C=O) groups excluding carboxylic acids is 2. The number of allylic oxidation sites excluding steroid dienone is 4. The first-order chi connectivity index (χ1) is 11.7. The van der Waals surface area contributed by atoms with Crippen molar-refractivity contribution in [3.63, 3.8) is 0 Å². The van der Waals surface area contributed by atoms with Crippen LogP contribution in [0.25, 0.3) is 0 Å². The molecule has 3 fully saturated rings. The van der Waals surface area contributed by atoms with Gasteiger partial charge in [0.2, 0.25) is 0 Å². The van der Waals surface area contributed by atoms with Gasteiger partial charge in [-0.3, -0.25) is 4.79 Å². The predicted molar refractivity (Wildman–Crippen MR) is 93.6 cm³/mol. The van der Waals surface area contributed by atoms with Gasteiger partial charge in [-0.1, -0.05) is 32.4 Å². The normalized spacial score (nSPS) is 54.4. The molecule has 4 rings (SSSR count). The van der Waals surface area contributed by atoms with E-state index in [0.29, 0.717) is 19.1 Å². The molecule has 0 aromatic carbocycles. The van der Waals surface area contributed by atoms with E-state index >= 15 is 0 Å². The molecule has 25 heavy (non-hydrogen) atoms. The molecule has 2 N–H and O–H groups in total. The van der Waals surface area contributed by atoms with E-state index in [1.807, 2.05) is 13.0 Å². The highest BCUT2D eigenvalue weighted by Gasteiger charge is 2.66. The van der Waals surface area contributed by atoms with Crippen molar-refractivity contribution in [1.29, 1.82) is 0 Å². The molecule has 0 saturated heterocycles. The lowest BCUT2D eigenvalue weighted by Gasteiger charge is -2.60. The predicted octanol–water partition coefficient (Wildman–Crippen LogP) is 2.44. The maximum atomic E-state index is 11.9. The van der Waals surface area contributed by atoms with Crippen molar-refractivity contribution < 1.29 is 19.8 Å². The van der Waals surface area contributed by atoms with Crippen LogP contribution in [-0.4, -0.2) is 34.0 Å². The van der Waals surface area contributed by atoms with E-state index in [1.165, 1.54) is 0 Å². The highest BCUT2D eigenvalue weighted by Crippen LogP contribution is 2.67. The summed E-state index contributed by atoms with van der Waals surface area (Å²) >= 11 is 0. The van der Waals surface area contributed by atoms with Crippen LogP contribution in [0.1, 0.15) is 46.5 Å². The van der Waals surface area contributed by atoms with Crippen molar-refractivity contribution in [2.45, 2.75) is 58.2 Å². The van der Waals surface area contributed by atoms with Gasteiger partial charge in [0, 0.05) is 16.7 Å². The van der Waals surface area contributed by atoms with Crippen LogP contribution in [0.3, 0.4) is 0 Å². The number of hydrogen-bond donors (Lipinski definition) is 2. The van der Waals surface area contributed by atoms with Crippen molar-refractivity contribution in [2.75, 3.05) is 0 Å². The summed E-state index contributed by atoms with van der Waals surface area (Å²) in [5.41, 5.74) is -1.09. The number of rotatable bonds is 1. The van der Waals surface area contributed by atoms with Gasteiger partial charge in [0.15, 0.2) is 12.1 Å². The molecule has 3 saturated carbocycles. The third kappa shape index (κ3) is 2.01. The first kappa shape index (κ1) is 17.2. The minimum absolute atomic E-state index is 0.0316. The zero-order chi connectivity index (χ0) is 18.2. The minimum Gasteiger partial charge on any atom is -0.393 e. The number of aliphatic hydroxyl groups is 2. The Morgan fingerprint density at radius 3 is 2.72 bits per heavy atom. The van der Waals surface area contributed by atoms with Crippen LogP contribution in [0.2, 0.25) is 0 Å². The third-order valence-electron chi connectivity index (χ3n) is 8.23. The molecule has 136 valence electrons. The van der Waals surface area contributed by atoms with Gasteiger partial charge in [0.1, 0.15) is 5.60 Å². The molecule has 0 aromatic rings. The van der Waals surface area contributed by atoms with Gasteiger partial charge in [0.05, 0.1) is 6.10 Å². The maximum absolute atomic E-state index is 11.9. The largest absolute Gasteiger partial charge is 0.393 e. The molecule has 4 aliphatic rings. The molecule has 0 bridgehead atoms. The van der Waals surface area contributed by atoms with Crippen LogP contribution in [-0.2, 0) is 9.59 Å². The molecule has 0 amide bonds. The average molecular weight is 344 g/mol. The molecule has 4 aliphatic carbocycles. The van der Waals surface area contributed by atoms with Gasteiger partial charge in [-0.25, -0.2) is 0 Å². The van der Waals surface area contributed by atoms with E-state index in [2.05, 4.69) is 13.8 Å². The third-order valence-corrected chi connectivity index (χ3v) is 8.23. The summed E-state index contributed by atoms with van der Waals surface area (Å²) in [4.78, 5) is 23.6. The summed E-state index contributed by atoms with van der Waals surface area (Å²) in [7, 11) is 0. The van der Waals surface area contributed by atoms with Gasteiger partial charge < -0.3 is 15.0 Å². The number of fused-ring (bicyclic) bond motifs is 5. The number of aldehydes is 1. The Morgan fingerprint density at radius 2 is 2.04 bits per heavy atom. The summed E-state index contributed by atoms with van der Waals surface area (Å²) in [6.45, 7) is 6.28. The zero-order valence-electron chi connectivity index (χ0n) is 15.2. The van der Waals surface area contributed by atoms with Crippen LogP contribution in [0, 0.1) is 34.5 Å². The number of carbonyl (C=O) groups is 2. The molecule has 0 heterocycles. The van der Waals surface area contributed by atoms with E-state index < -0.39 is 17.1 Å². The first-order valence-electron chi connectivity index (χ1n) is 9.48. The van der Waals surface area contributed by atoms with Crippen molar-refractivity contribution in [1.82, 2.24) is 0 Å². The van der Waals surface area contributed by atoms with E-state index in [0.717, 1.165) is 18.4 Å². The molecule has 8 atom stereocenters. The van der Waals surface area contributed by atoms with E-state index in [1.54, 1.807) is 12.2 Å². The Kier molecular flexibility index (Phi) is 3.53. The van der Waals surface area contributed by atoms with E-state index in [9.17, 15) is 19.8 Å². The lowest BCUT2D eigenvalue weighted by molar-refractivity contribution is -0.169. The molecule has 0 unspecified atom stereocenters. The molecule has 0 spiro atoms. The minimum atomic E-state index is -1.33. The monoisotopic (exact) mass is 344 g/mol. The smallest absolute Gasteiger partial charge is 0.178 e. The molecular formula is C21H28O4. The van der Waals surface area contributed by atoms with Crippen LogP contribution in [0.5, 0.6) is 0 Å². The van der Waals surface area contributed by atoms with E-state index in [-0.39, 0.29) is 34.9 Å². The van der Waals surface area contributed by atoms with Gasteiger partial charge in [-0.2, -0.15) is 0 Å². The molecule has 4 heteroatoms. The standard InChI is InChI=1S/C21H28O4/c1-12-8-14-15-5-7-21(25,11-22)20(15,3)10-17(24)18(14)19(2)6-4-13(23)9-16(12)19/h4,6,9,11-12,14-15,17-18,24-25H,5,7-8,10H2,1-3H3/t12-,14-,15-,17-,18-,19-,20-,21-/m0/s1. The van der Waals surface area contributed by atoms with Crippen LogP contribution < -0.4 is 0 Å². The van der Waals surface area contributed by atoms with Crippen molar-refractivity contribution in [3.05, 3.63) is 23.8 Å². The van der Waals surface area contributed by atoms with Crippen molar-refractivity contribution in [3.8, 4) is 0 Å². The highest BCUT2D eigenvalue weighted by atomic mass is 16.3. The molecule has 0 radical (unpaired) electrons. The van der Waals surface area contributed by atoms with E-state index in [4.69, 9.17) is 0 Å².